The highest BCUT2D eigenvalue weighted by atomic mass is 16.5. The minimum absolute atomic E-state index is 0.370. The van der Waals surface area contributed by atoms with E-state index in [0.717, 1.165) is 65.2 Å². The van der Waals surface area contributed by atoms with Gasteiger partial charge in [-0.15, -0.1) is 0 Å². The first kappa shape index (κ1) is 22.4. The summed E-state index contributed by atoms with van der Waals surface area (Å²) in [5.41, 5.74) is 0. The standard InChI is InChI=1S/C21H42N2O2/c1-3-5-6-7-8-9-10-11-12-14-21(24)23-16-13-15-22(17-18-23)19-20-25-4-2/h3-20H2,1-2H3. The van der Waals surface area contributed by atoms with Crippen LogP contribution in [0.1, 0.15) is 84.5 Å². The van der Waals surface area contributed by atoms with Gasteiger partial charge in [-0.3, -0.25) is 9.69 Å². The van der Waals surface area contributed by atoms with Crippen LogP contribution in [-0.2, 0) is 9.53 Å². The van der Waals surface area contributed by atoms with Gasteiger partial charge < -0.3 is 9.64 Å². The zero-order valence-electron chi connectivity index (χ0n) is 16.9. The average molecular weight is 355 g/mol. The molecule has 1 saturated heterocycles. The van der Waals surface area contributed by atoms with Gasteiger partial charge in [-0.25, -0.2) is 0 Å². The van der Waals surface area contributed by atoms with E-state index >= 15 is 0 Å². The summed E-state index contributed by atoms with van der Waals surface area (Å²) in [7, 11) is 0. The first-order valence-corrected chi connectivity index (χ1v) is 10.9. The molecular weight excluding hydrogens is 312 g/mol. The van der Waals surface area contributed by atoms with Crippen molar-refractivity contribution in [3.05, 3.63) is 0 Å². The van der Waals surface area contributed by atoms with Crippen molar-refractivity contribution in [3.8, 4) is 0 Å². The summed E-state index contributed by atoms with van der Waals surface area (Å²) in [5.74, 6) is 0.370. The number of carbonyl (C=O) groups excluding carboxylic acids is 1. The van der Waals surface area contributed by atoms with Gasteiger partial charge in [0.1, 0.15) is 0 Å². The number of rotatable bonds is 14. The van der Waals surface area contributed by atoms with Gasteiger partial charge in [-0.2, -0.15) is 0 Å². The quantitative estimate of drug-likeness (QED) is 0.431. The minimum atomic E-state index is 0.370. The van der Waals surface area contributed by atoms with Crippen LogP contribution in [0.25, 0.3) is 0 Å². The Labute approximate surface area is 156 Å². The molecule has 0 aliphatic carbocycles. The molecule has 0 bridgehead atoms. The van der Waals surface area contributed by atoms with Crippen molar-refractivity contribution in [2.75, 3.05) is 45.9 Å². The van der Waals surface area contributed by atoms with Crippen LogP contribution in [0.4, 0.5) is 0 Å². The fraction of sp³-hybridized carbons (Fsp3) is 0.952. The molecule has 25 heavy (non-hydrogen) atoms. The maximum Gasteiger partial charge on any atom is 0.222 e. The third kappa shape index (κ3) is 11.6. The summed E-state index contributed by atoms with van der Waals surface area (Å²) >= 11 is 0. The third-order valence-electron chi connectivity index (χ3n) is 5.19. The number of nitrogens with zero attached hydrogens (tertiary/aromatic N) is 2. The van der Waals surface area contributed by atoms with Crippen LogP contribution in [0.5, 0.6) is 0 Å². The van der Waals surface area contributed by atoms with E-state index in [0.29, 0.717) is 5.91 Å². The Morgan fingerprint density at radius 1 is 0.840 bits per heavy atom. The van der Waals surface area contributed by atoms with Gasteiger partial charge in [-0.05, 0) is 26.3 Å². The molecule has 1 heterocycles. The molecule has 1 aliphatic rings. The largest absolute Gasteiger partial charge is 0.380 e. The van der Waals surface area contributed by atoms with Crippen molar-refractivity contribution in [2.24, 2.45) is 0 Å². The van der Waals surface area contributed by atoms with Crippen molar-refractivity contribution >= 4 is 5.91 Å². The lowest BCUT2D eigenvalue weighted by Crippen LogP contribution is -2.36. The van der Waals surface area contributed by atoms with Gasteiger partial charge >= 0.3 is 0 Å². The molecule has 1 fully saturated rings. The Balaban J connectivity index is 2.03. The highest BCUT2D eigenvalue weighted by Crippen LogP contribution is 2.12. The van der Waals surface area contributed by atoms with E-state index in [2.05, 4.69) is 16.7 Å². The fourth-order valence-corrected chi connectivity index (χ4v) is 3.53. The first-order chi connectivity index (χ1) is 12.3. The number of hydrogen-bond acceptors (Lipinski definition) is 3. The summed E-state index contributed by atoms with van der Waals surface area (Å²) in [4.78, 5) is 16.9. The molecule has 1 rings (SSSR count). The molecule has 1 aliphatic heterocycles. The van der Waals surface area contributed by atoms with Crippen molar-refractivity contribution < 1.29 is 9.53 Å². The molecule has 4 nitrogen and oxygen atoms in total. The maximum atomic E-state index is 12.4. The van der Waals surface area contributed by atoms with E-state index in [9.17, 15) is 4.79 Å². The predicted molar refractivity (Wildman–Crippen MR) is 106 cm³/mol. The van der Waals surface area contributed by atoms with Crippen molar-refractivity contribution in [3.63, 3.8) is 0 Å². The lowest BCUT2D eigenvalue weighted by atomic mass is 10.1. The van der Waals surface area contributed by atoms with Gasteiger partial charge in [0.15, 0.2) is 0 Å². The molecule has 0 aromatic carbocycles. The summed E-state index contributed by atoms with van der Waals surface area (Å²) in [6, 6.07) is 0. The van der Waals surface area contributed by atoms with Gasteiger partial charge in [0.25, 0.3) is 0 Å². The van der Waals surface area contributed by atoms with Crippen LogP contribution in [-0.4, -0.2) is 61.6 Å². The van der Waals surface area contributed by atoms with Crippen molar-refractivity contribution in [2.45, 2.75) is 84.5 Å². The summed E-state index contributed by atoms with van der Waals surface area (Å²) in [6.07, 6.45) is 13.6. The van der Waals surface area contributed by atoms with Crippen LogP contribution < -0.4 is 0 Å². The van der Waals surface area contributed by atoms with E-state index in [1.165, 1.54) is 51.4 Å². The van der Waals surface area contributed by atoms with E-state index in [-0.39, 0.29) is 0 Å². The van der Waals surface area contributed by atoms with E-state index < -0.39 is 0 Å². The van der Waals surface area contributed by atoms with Crippen molar-refractivity contribution in [1.29, 1.82) is 0 Å². The summed E-state index contributed by atoms with van der Waals surface area (Å²) in [5, 5.41) is 0. The Hall–Kier alpha value is -0.610. The smallest absolute Gasteiger partial charge is 0.222 e. The second-order valence-electron chi connectivity index (χ2n) is 7.35. The monoisotopic (exact) mass is 354 g/mol. The van der Waals surface area contributed by atoms with Gasteiger partial charge in [0, 0.05) is 39.2 Å². The molecule has 148 valence electrons. The summed E-state index contributed by atoms with van der Waals surface area (Å²) in [6.45, 7) is 10.8. The predicted octanol–water partition coefficient (Wildman–Crippen LogP) is 4.48. The molecule has 0 atom stereocenters. The maximum absolute atomic E-state index is 12.4. The van der Waals surface area contributed by atoms with Gasteiger partial charge in [-0.1, -0.05) is 58.3 Å². The number of ether oxygens (including phenoxy) is 1. The SMILES string of the molecule is CCCCCCCCCCCC(=O)N1CCCN(CCOCC)CC1. The zero-order chi connectivity index (χ0) is 18.2. The molecule has 0 unspecified atom stereocenters. The normalized spacial score (nSPS) is 16.2. The van der Waals surface area contributed by atoms with E-state index in [1.807, 2.05) is 6.92 Å². The van der Waals surface area contributed by atoms with Crippen LogP contribution in [0.3, 0.4) is 0 Å². The first-order valence-electron chi connectivity index (χ1n) is 10.9. The average Bonchev–Trinajstić information content (AvgIpc) is 2.86. The molecule has 0 saturated carbocycles. The number of amides is 1. The number of hydrogen-bond donors (Lipinski definition) is 0. The molecular formula is C21H42N2O2. The zero-order valence-corrected chi connectivity index (χ0v) is 16.9. The van der Waals surface area contributed by atoms with Crippen LogP contribution >= 0.6 is 0 Å². The summed E-state index contributed by atoms with van der Waals surface area (Å²) < 4.78 is 5.44. The molecule has 4 heteroatoms. The Morgan fingerprint density at radius 2 is 1.52 bits per heavy atom. The third-order valence-corrected chi connectivity index (χ3v) is 5.19. The highest BCUT2D eigenvalue weighted by molar-refractivity contribution is 5.76. The van der Waals surface area contributed by atoms with Crippen molar-refractivity contribution in [1.82, 2.24) is 9.80 Å². The molecule has 0 spiro atoms. The Bertz CT molecular complexity index is 323. The highest BCUT2D eigenvalue weighted by Gasteiger charge is 2.18. The van der Waals surface area contributed by atoms with Crippen LogP contribution in [0.15, 0.2) is 0 Å². The second-order valence-corrected chi connectivity index (χ2v) is 7.35. The molecule has 0 radical (unpaired) electrons. The Morgan fingerprint density at radius 3 is 2.20 bits per heavy atom. The van der Waals surface area contributed by atoms with E-state index in [1.54, 1.807) is 0 Å². The molecule has 1 amide bonds. The van der Waals surface area contributed by atoms with Crippen LogP contribution in [0.2, 0.25) is 0 Å². The van der Waals surface area contributed by atoms with E-state index in [4.69, 9.17) is 4.74 Å². The lowest BCUT2D eigenvalue weighted by Gasteiger charge is -2.22. The fourth-order valence-electron chi connectivity index (χ4n) is 3.53. The number of unbranched alkanes of at least 4 members (excludes halogenated alkanes) is 8. The molecule has 0 aromatic rings. The molecule has 0 N–H and O–H groups in total. The van der Waals surface area contributed by atoms with Crippen LogP contribution in [0, 0.1) is 0 Å². The molecule has 0 aromatic heterocycles. The van der Waals surface area contributed by atoms with Gasteiger partial charge in [0.05, 0.1) is 6.61 Å². The minimum Gasteiger partial charge on any atom is -0.380 e. The lowest BCUT2D eigenvalue weighted by molar-refractivity contribution is -0.131. The second kappa shape index (κ2) is 15.6. The topological polar surface area (TPSA) is 32.8 Å². The number of carbonyl (C=O) groups is 1. The Kier molecular flexibility index (Phi) is 14.0. The van der Waals surface area contributed by atoms with Gasteiger partial charge in [0.2, 0.25) is 5.91 Å².